The lowest BCUT2D eigenvalue weighted by Crippen LogP contribution is -1.98. The molecule has 0 atom stereocenters. The average Bonchev–Trinajstić information content (AvgIpc) is 2.04. The summed E-state index contributed by atoms with van der Waals surface area (Å²) in [6.07, 6.45) is 3.53. The van der Waals surface area contributed by atoms with Gasteiger partial charge < -0.3 is 0 Å². The number of hydrogen-bond acceptors (Lipinski definition) is 3. The van der Waals surface area contributed by atoms with Crippen molar-refractivity contribution in [3.63, 3.8) is 0 Å². The maximum atomic E-state index is 10.8. The zero-order valence-electron chi connectivity index (χ0n) is 6.07. The molecule has 0 aromatic carbocycles. The molecule has 0 unspecified atom stereocenters. The second kappa shape index (κ2) is 3.05. The Balaban J connectivity index is 3.22. The smallest absolute Gasteiger partial charge is 0.162 e. The predicted octanol–water partition coefficient (Wildman–Crippen LogP) is 1.10. The van der Waals surface area contributed by atoms with Crippen molar-refractivity contribution in [1.29, 1.82) is 0 Å². The van der Waals surface area contributed by atoms with E-state index in [9.17, 15) is 9.59 Å². The SMILES string of the molecule is CC(=O)c1cnccc1C=O. The van der Waals surface area contributed by atoms with E-state index in [4.69, 9.17) is 0 Å². The summed E-state index contributed by atoms with van der Waals surface area (Å²) in [4.78, 5) is 24.9. The van der Waals surface area contributed by atoms with Crippen LogP contribution >= 0.6 is 0 Å². The van der Waals surface area contributed by atoms with Crippen molar-refractivity contribution in [2.45, 2.75) is 6.92 Å². The van der Waals surface area contributed by atoms with Gasteiger partial charge in [0, 0.05) is 23.5 Å². The molecule has 0 saturated carbocycles. The molecule has 0 aliphatic carbocycles. The Morgan fingerprint density at radius 3 is 2.82 bits per heavy atom. The number of ketones is 1. The van der Waals surface area contributed by atoms with Crippen LogP contribution in [0.25, 0.3) is 0 Å². The molecule has 1 rings (SSSR count). The first-order valence-corrected chi connectivity index (χ1v) is 3.16. The number of nitrogens with zero attached hydrogens (tertiary/aromatic N) is 1. The number of aldehydes is 1. The van der Waals surface area contributed by atoms with Gasteiger partial charge in [-0.1, -0.05) is 0 Å². The molecule has 3 heteroatoms. The Bertz CT molecular complexity index is 294. The molecule has 0 radical (unpaired) electrons. The fourth-order valence-corrected chi connectivity index (χ4v) is 0.802. The summed E-state index contributed by atoms with van der Waals surface area (Å²) in [6, 6.07) is 1.52. The highest BCUT2D eigenvalue weighted by molar-refractivity contribution is 6.00. The van der Waals surface area contributed by atoms with Crippen LogP contribution in [0.15, 0.2) is 18.5 Å². The van der Waals surface area contributed by atoms with Gasteiger partial charge in [0.05, 0.1) is 0 Å². The standard InChI is InChI=1S/C8H7NO2/c1-6(11)8-4-9-3-2-7(8)5-10/h2-5H,1H3. The van der Waals surface area contributed by atoms with Gasteiger partial charge in [-0.15, -0.1) is 0 Å². The van der Waals surface area contributed by atoms with Crippen molar-refractivity contribution < 1.29 is 9.59 Å². The molecule has 0 aliphatic heterocycles. The highest BCUT2D eigenvalue weighted by Gasteiger charge is 2.04. The van der Waals surface area contributed by atoms with Crippen LogP contribution in [0.4, 0.5) is 0 Å². The van der Waals surface area contributed by atoms with Crippen molar-refractivity contribution in [3.05, 3.63) is 29.6 Å². The molecule has 0 saturated heterocycles. The summed E-state index contributed by atoms with van der Waals surface area (Å²) < 4.78 is 0. The Labute approximate surface area is 64.1 Å². The maximum Gasteiger partial charge on any atom is 0.162 e. The third-order valence-corrected chi connectivity index (χ3v) is 1.36. The predicted molar refractivity (Wildman–Crippen MR) is 39.6 cm³/mol. The quantitative estimate of drug-likeness (QED) is 0.467. The number of pyridine rings is 1. The molecule has 1 heterocycles. The Kier molecular flexibility index (Phi) is 2.11. The van der Waals surface area contributed by atoms with E-state index in [1.165, 1.54) is 25.4 Å². The third-order valence-electron chi connectivity index (χ3n) is 1.36. The van der Waals surface area contributed by atoms with Gasteiger partial charge in [0.25, 0.3) is 0 Å². The number of hydrogen-bond donors (Lipinski definition) is 0. The van der Waals surface area contributed by atoms with Gasteiger partial charge in [-0.2, -0.15) is 0 Å². The Morgan fingerprint density at radius 1 is 1.64 bits per heavy atom. The normalized spacial score (nSPS) is 9.18. The summed E-state index contributed by atoms with van der Waals surface area (Å²) in [5, 5.41) is 0. The van der Waals surface area contributed by atoms with Crippen LogP contribution in [0.2, 0.25) is 0 Å². The molecular weight excluding hydrogens is 142 g/mol. The van der Waals surface area contributed by atoms with E-state index < -0.39 is 0 Å². The lowest BCUT2D eigenvalue weighted by Gasteiger charge is -1.96. The molecule has 3 nitrogen and oxygen atoms in total. The molecule has 0 spiro atoms. The molecule has 0 aliphatic rings. The first-order chi connectivity index (χ1) is 5.25. The van der Waals surface area contributed by atoms with E-state index in [2.05, 4.69) is 4.98 Å². The minimum absolute atomic E-state index is 0.139. The summed E-state index contributed by atoms with van der Waals surface area (Å²) in [5.74, 6) is -0.139. The van der Waals surface area contributed by atoms with Crippen LogP contribution < -0.4 is 0 Å². The highest BCUT2D eigenvalue weighted by Crippen LogP contribution is 2.03. The van der Waals surface area contributed by atoms with Crippen LogP contribution in [0.5, 0.6) is 0 Å². The fraction of sp³-hybridized carbons (Fsp3) is 0.125. The van der Waals surface area contributed by atoms with Gasteiger partial charge in [0.1, 0.15) is 0 Å². The third kappa shape index (κ3) is 1.49. The molecule has 1 aromatic rings. The molecular formula is C8H7NO2. The molecule has 0 amide bonds. The Hall–Kier alpha value is -1.51. The summed E-state index contributed by atoms with van der Waals surface area (Å²) in [7, 11) is 0. The minimum Gasteiger partial charge on any atom is -0.298 e. The monoisotopic (exact) mass is 149 g/mol. The molecule has 1 aromatic heterocycles. The second-order valence-electron chi connectivity index (χ2n) is 2.14. The van der Waals surface area contributed by atoms with E-state index in [0.29, 0.717) is 17.4 Å². The van der Waals surface area contributed by atoms with Gasteiger partial charge in [-0.3, -0.25) is 14.6 Å². The molecule has 0 fully saturated rings. The van der Waals surface area contributed by atoms with Crippen LogP contribution in [0.1, 0.15) is 27.6 Å². The second-order valence-corrected chi connectivity index (χ2v) is 2.14. The zero-order valence-corrected chi connectivity index (χ0v) is 6.07. The van der Waals surface area contributed by atoms with E-state index >= 15 is 0 Å². The van der Waals surface area contributed by atoms with Crippen molar-refractivity contribution in [2.24, 2.45) is 0 Å². The van der Waals surface area contributed by atoms with Gasteiger partial charge in [0.2, 0.25) is 0 Å². The highest BCUT2D eigenvalue weighted by atomic mass is 16.1. The maximum absolute atomic E-state index is 10.8. The summed E-state index contributed by atoms with van der Waals surface area (Å²) >= 11 is 0. The van der Waals surface area contributed by atoms with E-state index in [1.54, 1.807) is 0 Å². The number of rotatable bonds is 2. The number of Topliss-reactive ketones (excluding diaryl/α,β-unsaturated/α-hetero) is 1. The first-order valence-electron chi connectivity index (χ1n) is 3.16. The van der Waals surface area contributed by atoms with Crippen LogP contribution in [-0.2, 0) is 0 Å². The van der Waals surface area contributed by atoms with Gasteiger partial charge in [-0.25, -0.2) is 0 Å². The largest absolute Gasteiger partial charge is 0.298 e. The first kappa shape index (κ1) is 7.60. The van der Waals surface area contributed by atoms with Crippen LogP contribution in [-0.4, -0.2) is 17.1 Å². The summed E-state index contributed by atoms with van der Waals surface area (Å²) in [5.41, 5.74) is 0.773. The average molecular weight is 149 g/mol. The van der Waals surface area contributed by atoms with Gasteiger partial charge >= 0.3 is 0 Å². The Morgan fingerprint density at radius 2 is 2.36 bits per heavy atom. The summed E-state index contributed by atoms with van der Waals surface area (Å²) in [6.45, 7) is 1.41. The molecule has 0 bridgehead atoms. The molecule has 11 heavy (non-hydrogen) atoms. The number of aromatic nitrogens is 1. The van der Waals surface area contributed by atoms with Crippen LogP contribution in [0, 0.1) is 0 Å². The topological polar surface area (TPSA) is 47.0 Å². The van der Waals surface area contributed by atoms with E-state index in [1.807, 2.05) is 0 Å². The van der Waals surface area contributed by atoms with Gasteiger partial charge in [0.15, 0.2) is 12.1 Å². The fourth-order valence-electron chi connectivity index (χ4n) is 0.802. The van der Waals surface area contributed by atoms with Gasteiger partial charge in [-0.05, 0) is 13.0 Å². The lowest BCUT2D eigenvalue weighted by molar-refractivity contribution is 0.100. The van der Waals surface area contributed by atoms with Crippen molar-refractivity contribution in [1.82, 2.24) is 4.98 Å². The van der Waals surface area contributed by atoms with Crippen LogP contribution in [0.3, 0.4) is 0 Å². The van der Waals surface area contributed by atoms with E-state index in [-0.39, 0.29) is 5.78 Å². The lowest BCUT2D eigenvalue weighted by atomic mass is 10.1. The van der Waals surface area contributed by atoms with Crippen molar-refractivity contribution in [3.8, 4) is 0 Å². The van der Waals surface area contributed by atoms with Crippen molar-refractivity contribution >= 4 is 12.1 Å². The number of carbonyl (C=O) groups is 2. The molecule has 56 valence electrons. The zero-order chi connectivity index (χ0) is 8.27. The van der Waals surface area contributed by atoms with E-state index in [0.717, 1.165) is 0 Å². The van der Waals surface area contributed by atoms with Crippen molar-refractivity contribution in [2.75, 3.05) is 0 Å². The number of carbonyl (C=O) groups excluding carboxylic acids is 2. The molecule has 0 N–H and O–H groups in total. The minimum atomic E-state index is -0.139.